The van der Waals surface area contributed by atoms with E-state index >= 15 is 0 Å². The number of hydrogen-bond acceptors (Lipinski definition) is 7. The Morgan fingerprint density at radius 2 is 1.90 bits per heavy atom. The minimum atomic E-state index is 0.403. The Morgan fingerprint density at radius 3 is 2.70 bits per heavy atom. The molecular formula is C13H11N5OS. The van der Waals surface area contributed by atoms with Crippen LogP contribution in [0.3, 0.4) is 0 Å². The van der Waals surface area contributed by atoms with Crippen LogP contribution in [0.2, 0.25) is 0 Å². The van der Waals surface area contributed by atoms with Gasteiger partial charge in [0.25, 0.3) is 0 Å². The van der Waals surface area contributed by atoms with Crippen molar-refractivity contribution >= 4 is 17.6 Å². The van der Waals surface area contributed by atoms with Crippen molar-refractivity contribution in [1.29, 1.82) is 0 Å². The largest absolute Gasteiger partial charge is 0.381 e. The zero-order valence-electron chi connectivity index (χ0n) is 10.4. The number of thioether (sulfide) groups is 1. The molecule has 0 fully saturated rings. The van der Waals surface area contributed by atoms with Crippen molar-refractivity contribution in [2.45, 2.75) is 10.8 Å². The first kappa shape index (κ1) is 12.6. The van der Waals surface area contributed by atoms with Gasteiger partial charge in [0.1, 0.15) is 5.03 Å². The van der Waals surface area contributed by atoms with E-state index < -0.39 is 0 Å². The molecule has 0 aliphatic carbocycles. The number of rotatable bonds is 4. The minimum absolute atomic E-state index is 0.403. The normalized spacial score (nSPS) is 10.6. The molecule has 1 aromatic carbocycles. The molecule has 0 spiro atoms. The average molecular weight is 285 g/mol. The van der Waals surface area contributed by atoms with Crippen molar-refractivity contribution in [2.24, 2.45) is 0 Å². The van der Waals surface area contributed by atoms with Crippen molar-refractivity contribution in [3.8, 4) is 11.4 Å². The van der Waals surface area contributed by atoms with Gasteiger partial charge in [-0.1, -0.05) is 47.3 Å². The molecule has 0 unspecified atom stereocenters. The van der Waals surface area contributed by atoms with E-state index in [2.05, 4.69) is 20.1 Å². The Morgan fingerprint density at radius 1 is 1.10 bits per heavy atom. The molecule has 0 aliphatic heterocycles. The summed E-state index contributed by atoms with van der Waals surface area (Å²) in [5.41, 5.74) is 6.64. The van der Waals surface area contributed by atoms with Crippen LogP contribution < -0.4 is 5.73 Å². The van der Waals surface area contributed by atoms with E-state index in [4.69, 9.17) is 10.3 Å². The number of hydrogen-bond donors (Lipinski definition) is 1. The third-order valence-electron chi connectivity index (χ3n) is 2.52. The Bertz CT molecular complexity index is 701. The fourth-order valence-corrected chi connectivity index (χ4v) is 2.31. The number of anilines is 1. The summed E-state index contributed by atoms with van der Waals surface area (Å²) in [5.74, 6) is 2.01. The van der Waals surface area contributed by atoms with E-state index in [0.29, 0.717) is 28.3 Å². The summed E-state index contributed by atoms with van der Waals surface area (Å²) in [4.78, 5) is 12.5. The molecule has 2 heterocycles. The monoisotopic (exact) mass is 285 g/mol. The Hall–Kier alpha value is -2.41. The second-order valence-electron chi connectivity index (χ2n) is 3.91. The predicted molar refractivity (Wildman–Crippen MR) is 75.7 cm³/mol. The summed E-state index contributed by atoms with van der Waals surface area (Å²) in [6.07, 6.45) is 3.15. The number of nitrogen functional groups attached to an aromatic ring is 1. The molecule has 0 aliphatic rings. The van der Waals surface area contributed by atoms with Gasteiger partial charge in [-0.25, -0.2) is 9.97 Å². The van der Waals surface area contributed by atoms with E-state index in [1.54, 1.807) is 12.4 Å². The maximum Gasteiger partial charge on any atom is 0.237 e. The maximum absolute atomic E-state index is 5.72. The average Bonchev–Trinajstić information content (AvgIpc) is 2.96. The van der Waals surface area contributed by atoms with E-state index in [9.17, 15) is 0 Å². The molecule has 0 amide bonds. The van der Waals surface area contributed by atoms with E-state index in [-0.39, 0.29) is 0 Å². The topological polar surface area (TPSA) is 90.7 Å². The molecule has 20 heavy (non-hydrogen) atoms. The van der Waals surface area contributed by atoms with Gasteiger partial charge in [-0.15, -0.1) is 0 Å². The summed E-state index contributed by atoms with van der Waals surface area (Å²) in [6, 6.07) is 9.67. The first-order chi connectivity index (χ1) is 9.83. The Balaban J connectivity index is 1.71. The lowest BCUT2D eigenvalue weighted by molar-refractivity contribution is 0.391. The standard InChI is InChI=1S/C13H11N5OS/c14-11-13(16-7-6-15-11)20-8-10-17-12(18-19-10)9-4-2-1-3-5-9/h1-7H,8H2,(H2,14,15). The summed E-state index contributed by atoms with van der Waals surface area (Å²) in [7, 11) is 0. The number of nitrogens with zero attached hydrogens (tertiary/aromatic N) is 4. The highest BCUT2D eigenvalue weighted by molar-refractivity contribution is 7.98. The molecule has 0 saturated carbocycles. The zero-order chi connectivity index (χ0) is 13.8. The molecular weight excluding hydrogens is 274 g/mol. The van der Waals surface area contributed by atoms with Crippen LogP contribution in [-0.2, 0) is 5.75 Å². The highest BCUT2D eigenvalue weighted by atomic mass is 32.2. The first-order valence-electron chi connectivity index (χ1n) is 5.90. The molecule has 0 bridgehead atoms. The molecule has 100 valence electrons. The number of nitrogens with two attached hydrogens (primary N) is 1. The molecule has 2 N–H and O–H groups in total. The van der Waals surface area contributed by atoms with Gasteiger partial charge in [0.2, 0.25) is 11.7 Å². The first-order valence-corrected chi connectivity index (χ1v) is 6.89. The van der Waals surface area contributed by atoms with Crippen molar-refractivity contribution in [1.82, 2.24) is 20.1 Å². The molecule has 6 nitrogen and oxygen atoms in total. The van der Waals surface area contributed by atoms with Crippen LogP contribution in [0.25, 0.3) is 11.4 Å². The number of benzene rings is 1. The van der Waals surface area contributed by atoms with Crippen LogP contribution in [0.15, 0.2) is 52.3 Å². The van der Waals surface area contributed by atoms with Gasteiger partial charge < -0.3 is 10.3 Å². The summed E-state index contributed by atoms with van der Waals surface area (Å²) in [6.45, 7) is 0. The molecule has 7 heteroatoms. The summed E-state index contributed by atoms with van der Waals surface area (Å²) < 4.78 is 5.21. The summed E-state index contributed by atoms with van der Waals surface area (Å²) >= 11 is 1.41. The van der Waals surface area contributed by atoms with E-state index in [1.165, 1.54) is 11.8 Å². The molecule has 2 aromatic heterocycles. The minimum Gasteiger partial charge on any atom is -0.381 e. The van der Waals surface area contributed by atoms with Gasteiger partial charge in [-0.05, 0) is 0 Å². The van der Waals surface area contributed by atoms with Crippen LogP contribution in [0.4, 0.5) is 5.82 Å². The van der Waals surface area contributed by atoms with Gasteiger partial charge in [0.05, 0.1) is 5.75 Å². The van der Waals surface area contributed by atoms with Crippen molar-refractivity contribution in [3.63, 3.8) is 0 Å². The van der Waals surface area contributed by atoms with Crippen LogP contribution in [0.5, 0.6) is 0 Å². The van der Waals surface area contributed by atoms with Gasteiger partial charge in [0, 0.05) is 18.0 Å². The summed E-state index contributed by atoms with van der Waals surface area (Å²) in [5, 5.41) is 4.61. The van der Waals surface area contributed by atoms with E-state index in [0.717, 1.165) is 5.56 Å². The van der Waals surface area contributed by atoms with Gasteiger partial charge in [-0.3, -0.25) is 0 Å². The molecule has 0 atom stereocenters. The zero-order valence-corrected chi connectivity index (χ0v) is 11.2. The fourth-order valence-electron chi connectivity index (χ4n) is 1.60. The highest BCUT2D eigenvalue weighted by Crippen LogP contribution is 2.24. The van der Waals surface area contributed by atoms with Crippen molar-refractivity contribution in [2.75, 3.05) is 5.73 Å². The van der Waals surface area contributed by atoms with Crippen LogP contribution in [0, 0.1) is 0 Å². The van der Waals surface area contributed by atoms with Crippen LogP contribution in [0.1, 0.15) is 5.89 Å². The fraction of sp³-hybridized carbons (Fsp3) is 0.0769. The lowest BCUT2D eigenvalue weighted by atomic mass is 10.2. The van der Waals surface area contributed by atoms with Gasteiger partial charge >= 0.3 is 0 Å². The van der Waals surface area contributed by atoms with Crippen LogP contribution in [-0.4, -0.2) is 20.1 Å². The quantitative estimate of drug-likeness (QED) is 0.736. The number of aromatic nitrogens is 4. The second-order valence-corrected chi connectivity index (χ2v) is 4.88. The lowest BCUT2D eigenvalue weighted by Crippen LogP contribution is -1.95. The van der Waals surface area contributed by atoms with Gasteiger partial charge in [0.15, 0.2) is 5.82 Å². The smallest absolute Gasteiger partial charge is 0.237 e. The van der Waals surface area contributed by atoms with Crippen molar-refractivity contribution in [3.05, 3.63) is 48.6 Å². The third kappa shape index (κ3) is 2.77. The lowest BCUT2D eigenvalue weighted by Gasteiger charge is -1.99. The maximum atomic E-state index is 5.72. The highest BCUT2D eigenvalue weighted by Gasteiger charge is 2.10. The predicted octanol–water partition coefficient (Wildman–Crippen LogP) is 2.40. The van der Waals surface area contributed by atoms with Crippen molar-refractivity contribution < 1.29 is 4.52 Å². The molecule has 3 aromatic rings. The van der Waals surface area contributed by atoms with E-state index in [1.807, 2.05) is 30.3 Å². The molecule has 3 rings (SSSR count). The third-order valence-corrected chi connectivity index (χ3v) is 3.50. The molecule has 0 saturated heterocycles. The van der Waals surface area contributed by atoms with Crippen LogP contribution >= 0.6 is 11.8 Å². The van der Waals surface area contributed by atoms with Gasteiger partial charge in [-0.2, -0.15) is 4.98 Å². The Kier molecular flexibility index (Phi) is 3.60. The Labute approximate surface area is 119 Å². The SMILES string of the molecule is Nc1nccnc1SCc1nc(-c2ccccc2)no1. The second kappa shape index (κ2) is 5.70. The molecule has 0 radical (unpaired) electrons.